The third kappa shape index (κ3) is 2.69. The van der Waals surface area contributed by atoms with Crippen LogP contribution >= 0.6 is 10.7 Å². The largest absolute Gasteiger partial charge is 0.296 e. The topological polar surface area (TPSA) is 64.8 Å². The molecule has 0 aliphatic heterocycles. The lowest BCUT2D eigenvalue weighted by molar-refractivity contribution is 0.530. The van der Waals surface area contributed by atoms with Crippen LogP contribution in [0.15, 0.2) is 23.4 Å². The summed E-state index contributed by atoms with van der Waals surface area (Å²) in [6.07, 6.45) is 0. The van der Waals surface area contributed by atoms with Gasteiger partial charge in [-0.2, -0.15) is 0 Å². The Morgan fingerprint density at radius 3 is 2.50 bits per heavy atom. The zero-order chi connectivity index (χ0) is 15.1. The molecule has 0 saturated carbocycles. The SMILES string of the molecule is Cc1ccc(F)cc1-c1nnc(S(=O)(=O)Cl)n1C(C)C. The summed E-state index contributed by atoms with van der Waals surface area (Å²) in [6, 6.07) is 3.97. The number of aromatic nitrogens is 3. The van der Waals surface area contributed by atoms with Crippen LogP contribution in [0.3, 0.4) is 0 Å². The van der Waals surface area contributed by atoms with Crippen molar-refractivity contribution in [1.29, 1.82) is 0 Å². The normalized spacial score (nSPS) is 12.1. The Morgan fingerprint density at radius 2 is 1.95 bits per heavy atom. The number of nitrogens with zero attached hydrogens (tertiary/aromatic N) is 3. The molecule has 0 bridgehead atoms. The first-order chi connectivity index (χ1) is 9.21. The van der Waals surface area contributed by atoms with Gasteiger partial charge in [-0.15, -0.1) is 10.2 Å². The summed E-state index contributed by atoms with van der Waals surface area (Å²) in [5.41, 5.74) is 1.25. The average molecular weight is 318 g/mol. The van der Waals surface area contributed by atoms with E-state index in [4.69, 9.17) is 10.7 Å². The second-order valence-electron chi connectivity index (χ2n) is 4.67. The minimum absolute atomic E-state index is 0.244. The fourth-order valence-electron chi connectivity index (χ4n) is 1.93. The minimum atomic E-state index is -4.02. The fraction of sp³-hybridized carbons (Fsp3) is 0.333. The maximum atomic E-state index is 13.4. The van der Waals surface area contributed by atoms with Crippen molar-refractivity contribution < 1.29 is 12.8 Å². The molecular weight excluding hydrogens is 305 g/mol. The molecule has 0 N–H and O–H groups in total. The zero-order valence-corrected chi connectivity index (χ0v) is 12.7. The van der Waals surface area contributed by atoms with Crippen LogP contribution in [0.4, 0.5) is 4.39 Å². The van der Waals surface area contributed by atoms with Crippen molar-refractivity contribution >= 4 is 19.7 Å². The second kappa shape index (κ2) is 5.14. The number of hydrogen-bond donors (Lipinski definition) is 0. The van der Waals surface area contributed by atoms with Gasteiger partial charge in [-0.1, -0.05) is 6.07 Å². The Bertz CT molecular complexity index is 756. The Kier molecular flexibility index (Phi) is 3.84. The lowest BCUT2D eigenvalue weighted by Crippen LogP contribution is -2.10. The molecule has 0 amide bonds. The van der Waals surface area contributed by atoms with Gasteiger partial charge in [0.1, 0.15) is 5.82 Å². The van der Waals surface area contributed by atoms with E-state index >= 15 is 0 Å². The molecule has 0 radical (unpaired) electrons. The molecule has 2 aromatic rings. The van der Waals surface area contributed by atoms with Gasteiger partial charge < -0.3 is 0 Å². The van der Waals surface area contributed by atoms with Crippen LogP contribution in [-0.4, -0.2) is 23.2 Å². The molecule has 108 valence electrons. The molecule has 0 aliphatic carbocycles. The van der Waals surface area contributed by atoms with Gasteiger partial charge in [-0.05, 0) is 38.5 Å². The molecule has 0 fully saturated rings. The smallest absolute Gasteiger partial charge is 0.294 e. The van der Waals surface area contributed by atoms with Gasteiger partial charge in [0, 0.05) is 22.3 Å². The van der Waals surface area contributed by atoms with Crippen molar-refractivity contribution in [3.8, 4) is 11.4 Å². The number of rotatable bonds is 3. The van der Waals surface area contributed by atoms with Crippen LogP contribution in [0.25, 0.3) is 11.4 Å². The molecule has 2 rings (SSSR count). The number of hydrogen-bond acceptors (Lipinski definition) is 4. The Labute approximate surface area is 120 Å². The van der Waals surface area contributed by atoms with Gasteiger partial charge in [0.25, 0.3) is 14.2 Å². The zero-order valence-electron chi connectivity index (χ0n) is 11.1. The highest BCUT2D eigenvalue weighted by atomic mass is 35.7. The molecule has 5 nitrogen and oxygen atoms in total. The monoisotopic (exact) mass is 317 g/mol. The summed E-state index contributed by atoms with van der Waals surface area (Å²) in [7, 11) is 1.33. The van der Waals surface area contributed by atoms with Crippen molar-refractivity contribution in [2.24, 2.45) is 0 Å². The number of benzene rings is 1. The van der Waals surface area contributed by atoms with E-state index < -0.39 is 14.9 Å². The van der Waals surface area contributed by atoms with Crippen molar-refractivity contribution in [1.82, 2.24) is 14.8 Å². The molecule has 1 aromatic heterocycles. The van der Waals surface area contributed by atoms with Gasteiger partial charge in [-0.3, -0.25) is 4.57 Å². The quantitative estimate of drug-likeness (QED) is 0.816. The van der Waals surface area contributed by atoms with E-state index in [0.29, 0.717) is 5.56 Å². The molecular formula is C12H13ClFN3O2S. The van der Waals surface area contributed by atoms with E-state index in [2.05, 4.69) is 10.2 Å². The fourth-order valence-corrected chi connectivity index (χ4v) is 2.91. The van der Waals surface area contributed by atoms with Crippen molar-refractivity contribution in [3.63, 3.8) is 0 Å². The van der Waals surface area contributed by atoms with Crippen molar-refractivity contribution in [3.05, 3.63) is 29.6 Å². The third-order valence-electron chi connectivity index (χ3n) is 2.84. The summed E-state index contributed by atoms with van der Waals surface area (Å²) in [4.78, 5) is 0. The average Bonchev–Trinajstić information content (AvgIpc) is 2.76. The highest BCUT2D eigenvalue weighted by Crippen LogP contribution is 2.28. The summed E-state index contributed by atoms with van der Waals surface area (Å²) in [5.74, 6) is -0.157. The van der Waals surface area contributed by atoms with Crippen molar-refractivity contribution in [2.75, 3.05) is 0 Å². The van der Waals surface area contributed by atoms with Crippen LogP contribution in [-0.2, 0) is 9.05 Å². The Hall–Kier alpha value is -1.47. The number of halogens is 2. The third-order valence-corrected chi connectivity index (χ3v) is 3.97. The molecule has 1 heterocycles. The maximum Gasteiger partial charge on any atom is 0.296 e. The minimum Gasteiger partial charge on any atom is -0.294 e. The van der Waals surface area contributed by atoms with Crippen LogP contribution in [0.2, 0.25) is 0 Å². The van der Waals surface area contributed by atoms with Gasteiger partial charge >= 0.3 is 0 Å². The Morgan fingerprint density at radius 1 is 1.30 bits per heavy atom. The van der Waals surface area contributed by atoms with Crippen LogP contribution in [0.1, 0.15) is 25.5 Å². The van der Waals surface area contributed by atoms with E-state index in [1.807, 2.05) is 0 Å². The van der Waals surface area contributed by atoms with Crippen LogP contribution in [0.5, 0.6) is 0 Å². The first kappa shape index (κ1) is 14.9. The molecule has 0 spiro atoms. The lowest BCUT2D eigenvalue weighted by atomic mass is 10.1. The van der Waals surface area contributed by atoms with Crippen LogP contribution < -0.4 is 0 Å². The molecule has 0 aliphatic rings. The molecule has 0 unspecified atom stereocenters. The first-order valence-corrected chi connectivity index (χ1v) is 8.19. The van der Waals surface area contributed by atoms with E-state index in [0.717, 1.165) is 5.56 Å². The second-order valence-corrected chi connectivity index (χ2v) is 7.13. The maximum absolute atomic E-state index is 13.4. The van der Waals surface area contributed by atoms with E-state index in [9.17, 15) is 12.8 Å². The standard InChI is InChI=1S/C12H13ClFN3O2S/c1-7(2)17-11(15-16-12(17)20(13,18)19)10-6-9(14)5-4-8(10)3/h4-7H,1-3H3. The van der Waals surface area contributed by atoms with Crippen molar-refractivity contribution in [2.45, 2.75) is 32.0 Å². The van der Waals surface area contributed by atoms with Crippen LogP contribution in [0, 0.1) is 12.7 Å². The summed E-state index contributed by atoms with van der Waals surface area (Å²) in [6.45, 7) is 5.32. The predicted molar refractivity (Wildman–Crippen MR) is 73.6 cm³/mol. The number of aryl methyl sites for hydroxylation is 1. The van der Waals surface area contributed by atoms with E-state index in [1.165, 1.54) is 16.7 Å². The molecule has 0 saturated heterocycles. The summed E-state index contributed by atoms with van der Waals surface area (Å²) >= 11 is 0. The van der Waals surface area contributed by atoms with Gasteiger partial charge in [0.2, 0.25) is 0 Å². The van der Waals surface area contributed by atoms with E-state index in [1.54, 1.807) is 26.8 Å². The molecule has 8 heteroatoms. The molecule has 1 aromatic carbocycles. The summed E-state index contributed by atoms with van der Waals surface area (Å²) in [5, 5.41) is 7.15. The first-order valence-electron chi connectivity index (χ1n) is 5.88. The predicted octanol–water partition coefficient (Wildman–Crippen LogP) is 2.90. The molecule has 20 heavy (non-hydrogen) atoms. The van der Waals surface area contributed by atoms with Gasteiger partial charge in [-0.25, -0.2) is 12.8 Å². The van der Waals surface area contributed by atoms with E-state index in [-0.39, 0.29) is 17.0 Å². The summed E-state index contributed by atoms with van der Waals surface area (Å²) < 4.78 is 37.8. The lowest BCUT2D eigenvalue weighted by Gasteiger charge is -2.13. The highest BCUT2D eigenvalue weighted by Gasteiger charge is 2.25. The molecule has 0 atom stereocenters. The highest BCUT2D eigenvalue weighted by molar-refractivity contribution is 8.13. The Balaban J connectivity index is 2.76. The van der Waals surface area contributed by atoms with Gasteiger partial charge in [0.05, 0.1) is 0 Å². The van der Waals surface area contributed by atoms with Gasteiger partial charge in [0.15, 0.2) is 5.82 Å².